The minimum atomic E-state index is -3.08. The molecule has 8 heteroatoms. The number of hydrogen-bond acceptors (Lipinski definition) is 3. The first-order valence-corrected chi connectivity index (χ1v) is 11.2. The van der Waals surface area contributed by atoms with Gasteiger partial charge in [-0.15, -0.1) is 24.0 Å². The SMILES string of the molecule is CCCS(=O)(=O)N1CCC(NC(=NC)NC2CC2c2ccccc2)CC1.I. The molecule has 2 atom stereocenters. The van der Waals surface area contributed by atoms with Gasteiger partial charge in [-0.05, 0) is 31.2 Å². The van der Waals surface area contributed by atoms with Gasteiger partial charge in [-0.25, -0.2) is 12.7 Å². The number of hydrogen-bond donors (Lipinski definition) is 2. The predicted octanol–water partition coefficient (Wildman–Crippen LogP) is 2.53. The van der Waals surface area contributed by atoms with Gasteiger partial charge in [0, 0.05) is 38.1 Å². The summed E-state index contributed by atoms with van der Waals surface area (Å²) >= 11 is 0. The van der Waals surface area contributed by atoms with Gasteiger partial charge in [-0.2, -0.15) is 0 Å². The maximum Gasteiger partial charge on any atom is 0.214 e. The van der Waals surface area contributed by atoms with Gasteiger partial charge in [0.1, 0.15) is 0 Å². The van der Waals surface area contributed by atoms with Gasteiger partial charge in [-0.1, -0.05) is 37.3 Å². The highest BCUT2D eigenvalue weighted by Crippen LogP contribution is 2.40. The van der Waals surface area contributed by atoms with E-state index in [9.17, 15) is 8.42 Å². The molecule has 2 fully saturated rings. The summed E-state index contributed by atoms with van der Waals surface area (Å²) in [5.74, 6) is 1.62. The van der Waals surface area contributed by atoms with Gasteiger partial charge < -0.3 is 10.6 Å². The number of halogens is 1. The highest BCUT2D eigenvalue weighted by atomic mass is 127. The molecule has 2 aliphatic rings. The summed E-state index contributed by atoms with van der Waals surface area (Å²) in [4.78, 5) is 4.35. The average molecular weight is 506 g/mol. The maximum atomic E-state index is 12.2. The van der Waals surface area contributed by atoms with Crippen LogP contribution in [0.2, 0.25) is 0 Å². The van der Waals surface area contributed by atoms with Crippen molar-refractivity contribution in [3.8, 4) is 0 Å². The molecule has 1 aliphatic carbocycles. The summed E-state index contributed by atoms with van der Waals surface area (Å²) in [6.07, 6.45) is 3.42. The first kappa shape index (κ1) is 22.4. The van der Waals surface area contributed by atoms with Crippen molar-refractivity contribution in [2.45, 2.75) is 50.6 Å². The van der Waals surface area contributed by atoms with Gasteiger partial charge in [0.15, 0.2) is 5.96 Å². The van der Waals surface area contributed by atoms with Crippen molar-refractivity contribution in [1.29, 1.82) is 0 Å². The molecule has 2 N–H and O–H groups in total. The predicted molar refractivity (Wildman–Crippen MR) is 121 cm³/mol. The number of rotatable bonds is 6. The third-order valence-corrected chi connectivity index (χ3v) is 7.29. The number of piperidine rings is 1. The molecule has 1 aromatic rings. The summed E-state index contributed by atoms with van der Waals surface area (Å²) < 4.78 is 26.0. The Kier molecular flexibility index (Phi) is 8.36. The van der Waals surface area contributed by atoms with E-state index < -0.39 is 10.0 Å². The molecule has 0 spiro atoms. The Hall–Kier alpha value is -0.870. The molecule has 1 aromatic carbocycles. The van der Waals surface area contributed by atoms with Crippen molar-refractivity contribution < 1.29 is 8.42 Å². The van der Waals surface area contributed by atoms with E-state index in [0.29, 0.717) is 31.5 Å². The second-order valence-corrected chi connectivity index (χ2v) is 9.30. The molecule has 2 unspecified atom stereocenters. The fourth-order valence-electron chi connectivity index (χ4n) is 3.63. The molecular weight excluding hydrogens is 475 g/mol. The molecule has 3 rings (SSSR count). The molecule has 0 aromatic heterocycles. The zero-order chi connectivity index (χ0) is 18.6. The normalized spacial score (nSPS) is 24.1. The Labute approximate surface area is 180 Å². The fraction of sp³-hybridized carbons (Fsp3) is 0.632. The first-order chi connectivity index (χ1) is 12.5. The maximum absolute atomic E-state index is 12.2. The second kappa shape index (κ2) is 10.1. The standard InChI is InChI=1S/C19H30N4O2S.HI/c1-3-13-26(24,25)23-11-9-16(10-12-23)21-19(20-2)22-18-14-17(18)15-7-5-4-6-8-15;/h4-8,16-18H,3,9-14H2,1-2H3,(H2,20,21,22);1H. The zero-order valence-corrected chi connectivity index (χ0v) is 19.2. The van der Waals surface area contributed by atoms with Crippen LogP contribution < -0.4 is 10.6 Å². The van der Waals surface area contributed by atoms with Crippen LogP contribution >= 0.6 is 24.0 Å². The van der Waals surface area contributed by atoms with Crippen LogP contribution in [0.5, 0.6) is 0 Å². The van der Waals surface area contributed by atoms with Gasteiger partial charge in [0.25, 0.3) is 0 Å². The van der Waals surface area contributed by atoms with E-state index in [1.807, 2.05) is 13.0 Å². The number of nitrogens with one attached hydrogen (secondary N) is 2. The molecule has 0 bridgehead atoms. The molecule has 1 heterocycles. The van der Waals surface area contributed by atoms with Crippen molar-refractivity contribution in [2.24, 2.45) is 4.99 Å². The van der Waals surface area contributed by atoms with Crippen molar-refractivity contribution >= 4 is 40.0 Å². The Morgan fingerprint density at radius 1 is 1.19 bits per heavy atom. The number of sulfonamides is 1. The molecule has 1 aliphatic heterocycles. The van der Waals surface area contributed by atoms with Crippen molar-refractivity contribution in [1.82, 2.24) is 14.9 Å². The quantitative estimate of drug-likeness (QED) is 0.354. The van der Waals surface area contributed by atoms with E-state index in [1.54, 1.807) is 11.4 Å². The van der Waals surface area contributed by atoms with E-state index in [0.717, 1.165) is 25.2 Å². The molecule has 0 radical (unpaired) electrons. The first-order valence-electron chi connectivity index (χ1n) is 9.56. The van der Waals surface area contributed by atoms with Crippen LogP contribution in [0.4, 0.5) is 0 Å². The summed E-state index contributed by atoms with van der Waals surface area (Å²) in [6, 6.07) is 11.2. The number of benzene rings is 1. The van der Waals surface area contributed by atoms with Crippen LogP contribution in [0.1, 0.15) is 44.1 Å². The lowest BCUT2D eigenvalue weighted by atomic mass is 10.1. The second-order valence-electron chi connectivity index (χ2n) is 7.21. The van der Waals surface area contributed by atoms with Gasteiger partial charge in [0.2, 0.25) is 10.0 Å². The van der Waals surface area contributed by atoms with Crippen LogP contribution in [0.25, 0.3) is 0 Å². The zero-order valence-electron chi connectivity index (χ0n) is 16.1. The monoisotopic (exact) mass is 506 g/mol. The molecule has 0 amide bonds. The summed E-state index contributed by atoms with van der Waals surface area (Å²) in [5.41, 5.74) is 1.37. The lowest BCUT2D eigenvalue weighted by Crippen LogP contribution is -2.50. The average Bonchev–Trinajstić information content (AvgIpc) is 3.41. The van der Waals surface area contributed by atoms with Crippen LogP contribution in [-0.2, 0) is 10.0 Å². The Morgan fingerprint density at radius 3 is 2.44 bits per heavy atom. The van der Waals surface area contributed by atoms with Crippen molar-refractivity contribution in [3.05, 3.63) is 35.9 Å². The van der Waals surface area contributed by atoms with Crippen LogP contribution in [0.15, 0.2) is 35.3 Å². The topological polar surface area (TPSA) is 73.8 Å². The smallest absolute Gasteiger partial charge is 0.214 e. The Balaban J connectivity index is 0.00000261. The van der Waals surface area contributed by atoms with E-state index in [2.05, 4.69) is 39.9 Å². The largest absolute Gasteiger partial charge is 0.354 e. The van der Waals surface area contributed by atoms with Crippen molar-refractivity contribution in [3.63, 3.8) is 0 Å². The molecule has 1 saturated carbocycles. The van der Waals surface area contributed by atoms with Crippen LogP contribution in [0.3, 0.4) is 0 Å². The summed E-state index contributed by atoms with van der Waals surface area (Å²) in [5, 5.41) is 6.98. The molecule has 27 heavy (non-hydrogen) atoms. The molecule has 152 valence electrons. The number of aliphatic imine (C=N–C) groups is 1. The lowest BCUT2D eigenvalue weighted by molar-refractivity contribution is 0.306. The minimum Gasteiger partial charge on any atom is -0.354 e. The minimum absolute atomic E-state index is 0. The van der Waals surface area contributed by atoms with Crippen LogP contribution in [0, 0.1) is 0 Å². The van der Waals surface area contributed by atoms with Crippen LogP contribution in [-0.4, -0.2) is 56.7 Å². The van der Waals surface area contributed by atoms with Gasteiger partial charge in [-0.3, -0.25) is 4.99 Å². The third kappa shape index (κ3) is 6.05. The fourth-order valence-corrected chi connectivity index (χ4v) is 5.17. The third-order valence-electron chi connectivity index (χ3n) is 5.21. The highest BCUT2D eigenvalue weighted by molar-refractivity contribution is 14.0. The van der Waals surface area contributed by atoms with E-state index in [4.69, 9.17) is 0 Å². The van der Waals surface area contributed by atoms with E-state index >= 15 is 0 Å². The van der Waals surface area contributed by atoms with E-state index in [1.165, 1.54) is 5.56 Å². The Bertz CT molecular complexity index is 718. The van der Waals surface area contributed by atoms with Crippen molar-refractivity contribution in [2.75, 3.05) is 25.9 Å². The molecule has 1 saturated heterocycles. The van der Waals surface area contributed by atoms with Gasteiger partial charge in [0.05, 0.1) is 5.75 Å². The molecule has 6 nitrogen and oxygen atoms in total. The van der Waals surface area contributed by atoms with E-state index in [-0.39, 0.29) is 35.8 Å². The highest BCUT2D eigenvalue weighted by Gasteiger charge is 2.39. The lowest BCUT2D eigenvalue weighted by Gasteiger charge is -2.32. The number of nitrogens with zero attached hydrogens (tertiary/aromatic N) is 2. The summed E-state index contributed by atoms with van der Waals surface area (Å²) in [6.45, 7) is 3.09. The number of guanidine groups is 1. The Morgan fingerprint density at radius 2 is 1.85 bits per heavy atom. The molecular formula is C19H31IN4O2S. The summed E-state index contributed by atoms with van der Waals surface area (Å²) in [7, 11) is -1.29. The van der Waals surface area contributed by atoms with Gasteiger partial charge >= 0.3 is 0 Å².